The average Bonchev–Trinajstić information content (AvgIpc) is 2.46. The normalized spacial score (nSPS) is 10.2. The van der Waals surface area contributed by atoms with Crippen molar-refractivity contribution in [1.82, 2.24) is 0 Å². The summed E-state index contributed by atoms with van der Waals surface area (Å²) in [5, 5.41) is 18.5. The molecule has 9 heteroatoms. The number of nitrogens with zero attached hydrogens (tertiary/aromatic N) is 4. The summed E-state index contributed by atoms with van der Waals surface area (Å²) in [5.74, 6) is 0. The van der Waals surface area contributed by atoms with E-state index >= 15 is 0 Å². The van der Waals surface area contributed by atoms with Crippen LogP contribution in [0.5, 0.6) is 0 Å². The number of azo groups is 1. The molecule has 2 aromatic carbocycles. The molecule has 0 fully saturated rings. The van der Waals surface area contributed by atoms with E-state index in [9.17, 15) is 10.1 Å². The zero-order valence-electron chi connectivity index (χ0n) is 10.5. The minimum absolute atomic E-state index is 0. The van der Waals surface area contributed by atoms with Crippen LogP contribution in [0.2, 0.25) is 0 Å². The van der Waals surface area contributed by atoms with Crippen LogP contribution >= 0.6 is 23.6 Å². The van der Waals surface area contributed by atoms with Gasteiger partial charge in [0.1, 0.15) is 0 Å². The lowest BCUT2D eigenvalue weighted by molar-refractivity contribution is -0.384. The van der Waals surface area contributed by atoms with Crippen molar-refractivity contribution < 1.29 is 10.4 Å². The van der Waals surface area contributed by atoms with Crippen molar-refractivity contribution in [2.45, 2.75) is 0 Å². The minimum Gasteiger partial charge on any atom is -0.412 e. The highest BCUT2D eigenvalue weighted by molar-refractivity contribution is 6.49. The summed E-state index contributed by atoms with van der Waals surface area (Å²) in [6.45, 7) is 0. The van der Waals surface area contributed by atoms with Crippen LogP contribution in [-0.4, -0.2) is 10.4 Å². The van der Waals surface area contributed by atoms with Gasteiger partial charge in [-0.1, -0.05) is 0 Å². The first-order chi connectivity index (χ1) is 9.56. The van der Waals surface area contributed by atoms with Crippen LogP contribution in [0.25, 0.3) is 0 Å². The second-order valence-electron chi connectivity index (χ2n) is 3.72. The molecule has 110 valence electrons. The SMILES string of the molecule is O.O=[N+]([O-])c1ccc(N=Nc2ccc(N(Cl)Cl)cc2)cc1. The molecule has 0 bridgehead atoms. The highest BCUT2D eigenvalue weighted by Gasteiger charge is 2.03. The van der Waals surface area contributed by atoms with E-state index in [2.05, 4.69) is 10.2 Å². The number of anilines is 1. The molecular weight excluding hydrogens is 319 g/mol. The van der Waals surface area contributed by atoms with Gasteiger partial charge in [-0.15, -0.1) is 0 Å². The molecule has 0 aliphatic carbocycles. The summed E-state index contributed by atoms with van der Waals surface area (Å²) in [6, 6.07) is 12.6. The molecule has 21 heavy (non-hydrogen) atoms. The van der Waals surface area contributed by atoms with Crippen molar-refractivity contribution in [3.63, 3.8) is 0 Å². The van der Waals surface area contributed by atoms with E-state index in [1.807, 2.05) is 0 Å². The predicted octanol–water partition coefficient (Wildman–Crippen LogP) is 4.30. The van der Waals surface area contributed by atoms with Crippen LogP contribution in [0.15, 0.2) is 58.8 Å². The van der Waals surface area contributed by atoms with Gasteiger partial charge in [-0.2, -0.15) is 14.2 Å². The summed E-state index contributed by atoms with van der Waals surface area (Å²) in [5.41, 5.74) is 1.76. The number of non-ortho nitro benzene ring substituents is 1. The van der Waals surface area contributed by atoms with Gasteiger partial charge in [-0.25, -0.2) is 0 Å². The zero-order chi connectivity index (χ0) is 14.5. The maximum atomic E-state index is 10.5. The fourth-order valence-corrected chi connectivity index (χ4v) is 1.61. The number of nitro groups is 1. The Balaban J connectivity index is 0.00000220. The fraction of sp³-hybridized carbons (Fsp3) is 0. The van der Waals surface area contributed by atoms with Gasteiger partial charge in [0.15, 0.2) is 0 Å². The summed E-state index contributed by atoms with van der Waals surface area (Å²) in [6.07, 6.45) is 0. The lowest BCUT2D eigenvalue weighted by Gasteiger charge is -2.04. The topological polar surface area (TPSA) is 103 Å². The summed E-state index contributed by atoms with van der Waals surface area (Å²) < 4.78 is 0.942. The Labute approximate surface area is 130 Å². The smallest absolute Gasteiger partial charge is 0.269 e. The lowest BCUT2D eigenvalue weighted by Crippen LogP contribution is -1.89. The van der Waals surface area contributed by atoms with Crippen LogP contribution in [0.4, 0.5) is 22.7 Å². The monoisotopic (exact) mass is 328 g/mol. The van der Waals surface area contributed by atoms with Crippen molar-refractivity contribution in [2.75, 3.05) is 3.94 Å². The molecule has 0 saturated carbocycles. The van der Waals surface area contributed by atoms with E-state index in [1.165, 1.54) is 24.3 Å². The molecule has 2 rings (SSSR count). The third-order valence-corrected chi connectivity index (χ3v) is 2.78. The standard InChI is InChI=1S/C12H8Cl2N4O2.H2O/c13-17(14)11-5-1-9(2-6-11)15-16-10-3-7-12(8-4-10)18(19)20;/h1-8H;1H2. The van der Waals surface area contributed by atoms with E-state index in [0.29, 0.717) is 17.1 Å². The zero-order valence-corrected chi connectivity index (χ0v) is 12.0. The maximum absolute atomic E-state index is 10.5. The third-order valence-electron chi connectivity index (χ3n) is 2.39. The quantitative estimate of drug-likeness (QED) is 0.361. The van der Waals surface area contributed by atoms with Crippen molar-refractivity contribution in [2.24, 2.45) is 10.2 Å². The Morgan fingerprint density at radius 2 is 1.33 bits per heavy atom. The van der Waals surface area contributed by atoms with E-state index in [1.54, 1.807) is 24.3 Å². The Kier molecular flexibility index (Phi) is 6.04. The molecule has 0 aliphatic rings. The van der Waals surface area contributed by atoms with Crippen LogP contribution in [0.1, 0.15) is 0 Å². The van der Waals surface area contributed by atoms with Gasteiger partial charge in [0.2, 0.25) is 0 Å². The number of nitro benzene ring substituents is 1. The highest BCUT2D eigenvalue weighted by atomic mass is 35.5. The molecule has 2 N–H and O–H groups in total. The molecule has 7 nitrogen and oxygen atoms in total. The second kappa shape index (κ2) is 7.53. The first-order valence-corrected chi connectivity index (χ1v) is 6.12. The molecule has 0 spiro atoms. The van der Waals surface area contributed by atoms with Gasteiger partial charge < -0.3 is 5.48 Å². The van der Waals surface area contributed by atoms with Gasteiger partial charge >= 0.3 is 0 Å². The Bertz CT molecular complexity index is 630. The maximum Gasteiger partial charge on any atom is 0.269 e. The molecule has 2 aromatic rings. The van der Waals surface area contributed by atoms with Crippen molar-refractivity contribution in [1.29, 1.82) is 0 Å². The number of hydrogen-bond acceptors (Lipinski definition) is 5. The van der Waals surface area contributed by atoms with E-state index in [4.69, 9.17) is 23.6 Å². The van der Waals surface area contributed by atoms with Crippen molar-refractivity contribution in [3.05, 3.63) is 58.6 Å². The number of halogens is 2. The molecule has 0 amide bonds. The van der Waals surface area contributed by atoms with Crippen LogP contribution in [0, 0.1) is 10.1 Å². The third kappa shape index (κ3) is 4.67. The molecule has 0 radical (unpaired) electrons. The fourth-order valence-electron chi connectivity index (χ4n) is 1.39. The number of rotatable bonds is 4. The van der Waals surface area contributed by atoms with Gasteiger partial charge in [-0.05, 0) is 36.4 Å². The van der Waals surface area contributed by atoms with E-state index in [0.717, 1.165) is 3.94 Å². The molecule has 0 atom stereocenters. The molecule has 0 aromatic heterocycles. The van der Waals surface area contributed by atoms with Crippen molar-refractivity contribution in [3.8, 4) is 0 Å². The minimum atomic E-state index is -0.469. The van der Waals surface area contributed by atoms with Crippen LogP contribution in [0.3, 0.4) is 0 Å². The van der Waals surface area contributed by atoms with E-state index < -0.39 is 4.92 Å². The Morgan fingerprint density at radius 3 is 1.71 bits per heavy atom. The highest BCUT2D eigenvalue weighted by Crippen LogP contribution is 2.24. The number of benzene rings is 2. The van der Waals surface area contributed by atoms with Crippen LogP contribution < -0.4 is 3.94 Å². The molecular formula is C12H10Cl2N4O3. The molecule has 0 aliphatic heterocycles. The van der Waals surface area contributed by atoms with E-state index in [-0.39, 0.29) is 11.2 Å². The summed E-state index contributed by atoms with van der Waals surface area (Å²) in [4.78, 5) is 10.0. The average molecular weight is 329 g/mol. The van der Waals surface area contributed by atoms with Crippen molar-refractivity contribution >= 4 is 46.3 Å². The predicted molar refractivity (Wildman–Crippen MR) is 81.5 cm³/mol. The Morgan fingerprint density at radius 1 is 0.905 bits per heavy atom. The van der Waals surface area contributed by atoms with Crippen LogP contribution in [-0.2, 0) is 0 Å². The van der Waals surface area contributed by atoms with Gasteiger partial charge in [0.25, 0.3) is 5.69 Å². The first-order valence-electron chi connectivity index (χ1n) is 5.44. The lowest BCUT2D eigenvalue weighted by atomic mass is 10.3. The first kappa shape index (κ1) is 16.8. The number of hydrogen-bond donors (Lipinski definition) is 0. The Hall–Kier alpha value is -2.22. The van der Waals surface area contributed by atoms with Gasteiger partial charge in [0, 0.05) is 35.7 Å². The van der Waals surface area contributed by atoms with Gasteiger partial charge in [-0.3, -0.25) is 10.1 Å². The largest absolute Gasteiger partial charge is 0.412 e. The summed E-state index contributed by atoms with van der Waals surface area (Å²) >= 11 is 11.1. The summed E-state index contributed by atoms with van der Waals surface area (Å²) in [7, 11) is 0. The molecule has 0 saturated heterocycles. The second-order valence-corrected chi connectivity index (χ2v) is 4.57. The molecule has 0 unspecified atom stereocenters. The van der Waals surface area contributed by atoms with Gasteiger partial charge in [0.05, 0.1) is 22.0 Å². The molecule has 0 heterocycles.